The van der Waals surface area contributed by atoms with Gasteiger partial charge in [-0.1, -0.05) is 12.8 Å². The Labute approximate surface area is 116 Å². The maximum atomic E-state index is 10.9. The van der Waals surface area contributed by atoms with Crippen molar-refractivity contribution in [3.05, 3.63) is 0 Å². The molecule has 6 unspecified atom stereocenters. The van der Waals surface area contributed by atoms with Gasteiger partial charge in [-0.05, 0) is 43.9 Å². The van der Waals surface area contributed by atoms with Crippen LogP contribution < -0.4 is 0 Å². The quantitative estimate of drug-likeness (QED) is 0.836. The van der Waals surface area contributed by atoms with Gasteiger partial charge in [0.05, 0.1) is 18.3 Å². The molecule has 3 rings (SSSR count). The number of hydrogen-bond donors (Lipinski definition) is 1. The Bertz CT molecular complexity index is 278. The van der Waals surface area contributed by atoms with E-state index in [1.165, 1.54) is 32.1 Å². The zero-order valence-electron chi connectivity index (χ0n) is 12.3. The Kier molecular flexibility index (Phi) is 4.16. The first-order valence-corrected chi connectivity index (χ1v) is 8.00. The van der Waals surface area contributed by atoms with Crippen LogP contribution in [0.3, 0.4) is 0 Å². The van der Waals surface area contributed by atoms with Crippen LogP contribution in [0.1, 0.15) is 44.9 Å². The van der Waals surface area contributed by atoms with Crippen molar-refractivity contribution in [2.24, 2.45) is 23.7 Å². The molecule has 3 aliphatic rings. The lowest BCUT2D eigenvalue weighted by atomic mass is 9.57. The van der Waals surface area contributed by atoms with E-state index in [9.17, 15) is 5.11 Å². The molecule has 0 heterocycles. The molecule has 0 aliphatic heterocycles. The van der Waals surface area contributed by atoms with Gasteiger partial charge in [-0.15, -0.1) is 0 Å². The Morgan fingerprint density at radius 3 is 1.68 bits per heavy atom. The molecule has 0 amide bonds. The molecule has 6 atom stereocenters. The van der Waals surface area contributed by atoms with Crippen molar-refractivity contribution in [1.82, 2.24) is 0 Å². The van der Waals surface area contributed by atoms with Crippen molar-refractivity contribution in [3.63, 3.8) is 0 Å². The number of aliphatic hydroxyl groups is 1. The Morgan fingerprint density at radius 2 is 1.26 bits per heavy atom. The molecule has 0 aromatic carbocycles. The number of aliphatic hydroxyl groups excluding tert-OH is 1. The fourth-order valence-electron chi connectivity index (χ4n) is 5.28. The van der Waals surface area contributed by atoms with Gasteiger partial charge in [0.2, 0.25) is 0 Å². The van der Waals surface area contributed by atoms with Crippen molar-refractivity contribution >= 4 is 0 Å². The topological polar surface area (TPSA) is 38.7 Å². The first kappa shape index (κ1) is 13.8. The van der Waals surface area contributed by atoms with E-state index in [4.69, 9.17) is 9.47 Å². The van der Waals surface area contributed by atoms with Crippen molar-refractivity contribution in [3.8, 4) is 0 Å². The second kappa shape index (κ2) is 5.71. The third-order valence-electron chi connectivity index (χ3n) is 6.07. The number of hydrogen-bond acceptors (Lipinski definition) is 3. The summed E-state index contributed by atoms with van der Waals surface area (Å²) in [6, 6.07) is 0. The van der Waals surface area contributed by atoms with Crippen LogP contribution >= 0.6 is 0 Å². The molecule has 1 N–H and O–H groups in total. The van der Waals surface area contributed by atoms with E-state index < -0.39 is 0 Å². The largest absolute Gasteiger partial charge is 0.392 e. The highest BCUT2D eigenvalue weighted by atomic mass is 16.5. The molecule has 3 saturated carbocycles. The van der Waals surface area contributed by atoms with Gasteiger partial charge in [-0.3, -0.25) is 0 Å². The van der Waals surface area contributed by atoms with Crippen molar-refractivity contribution in [2.45, 2.75) is 63.3 Å². The molecule has 3 heteroatoms. The molecular formula is C16H28O3. The molecule has 110 valence electrons. The molecule has 0 aromatic rings. The van der Waals surface area contributed by atoms with Crippen LogP contribution in [0.15, 0.2) is 0 Å². The first-order valence-electron chi connectivity index (χ1n) is 8.00. The molecule has 3 fully saturated rings. The summed E-state index contributed by atoms with van der Waals surface area (Å²) >= 11 is 0. The van der Waals surface area contributed by atoms with Gasteiger partial charge in [0.25, 0.3) is 0 Å². The van der Waals surface area contributed by atoms with Crippen LogP contribution in [-0.2, 0) is 9.47 Å². The minimum Gasteiger partial charge on any atom is -0.392 e. The second-order valence-electron chi connectivity index (χ2n) is 6.81. The molecule has 0 spiro atoms. The lowest BCUT2D eigenvalue weighted by Gasteiger charge is -2.53. The van der Waals surface area contributed by atoms with Crippen molar-refractivity contribution < 1.29 is 14.6 Å². The summed E-state index contributed by atoms with van der Waals surface area (Å²) in [5, 5.41) is 10.9. The van der Waals surface area contributed by atoms with E-state index in [2.05, 4.69) is 0 Å². The van der Waals surface area contributed by atoms with Gasteiger partial charge in [0.15, 0.2) is 0 Å². The average molecular weight is 268 g/mol. The van der Waals surface area contributed by atoms with Gasteiger partial charge in [0.1, 0.15) is 0 Å². The zero-order chi connectivity index (χ0) is 13.4. The summed E-state index contributed by atoms with van der Waals surface area (Å²) in [6.45, 7) is 0. The van der Waals surface area contributed by atoms with Gasteiger partial charge < -0.3 is 14.6 Å². The summed E-state index contributed by atoms with van der Waals surface area (Å²) in [6.07, 6.45) is 8.89. The maximum Gasteiger partial charge on any atom is 0.0651 e. The molecular weight excluding hydrogens is 240 g/mol. The second-order valence-corrected chi connectivity index (χ2v) is 6.81. The summed E-state index contributed by atoms with van der Waals surface area (Å²) in [5.41, 5.74) is 0. The summed E-state index contributed by atoms with van der Waals surface area (Å²) in [5.74, 6) is 2.03. The first-order chi connectivity index (χ1) is 9.26. The van der Waals surface area contributed by atoms with Crippen molar-refractivity contribution in [2.75, 3.05) is 14.2 Å². The van der Waals surface area contributed by atoms with Crippen molar-refractivity contribution in [1.29, 1.82) is 0 Å². The summed E-state index contributed by atoms with van der Waals surface area (Å²) in [4.78, 5) is 0. The van der Waals surface area contributed by atoms with Crippen LogP contribution in [-0.4, -0.2) is 37.6 Å². The Hall–Kier alpha value is -0.120. The van der Waals surface area contributed by atoms with Gasteiger partial charge >= 0.3 is 0 Å². The van der Waals surface area contributed by atoms with Gasteiger partial charge in [-0.25, -0.2) is 0 Å². The monoisotopic (exact) mass is 268 g/mol. The Balaban J connectivity index is 1.82. The van der Waals surface area contributed by atoms with E-state index in [-0.39, 0.29) is 18.3 Å². The number of ether oxygens (including phenoxy) is 2. The molecule has 0 radical (unpaired) electrons. The lowest BCUT2D eigenvalue weighted by molar-refractivity contribution is -0.164. The van der Waals surface area contributed by atoms with Crippen LogP contribution in [0, 0.1) is 23.7 Å². The zero-order valence-corrected chi connectivity index (χ0v) is 12.3. The van der Waals surface area contributed by atoms with Gasteiger partial charge in [0, 0.05) is 26.1 Å². The molecule has 3 aliphatic carbocycles. The van der Waals surface area contributed by atoms with Crippen LogP contribution in [0.2, 0.25) is 0 Å². The standard InChI is InChI=1S/C16H28O3/c1-18-12-7-3-5-10-9-11-6-4-8-13(19-2)15(11)16(17)14(10)12/h10-17H,3-9H2,1-2H3. The minimum atomic E-state index is -0.223. The molecule has 0 saturated heterocycles. The predicted molar refractivity (Wildman–Crippen MR) is 73.9 cm³/mol. The fraction of sp³-hybridized carbons (Fsp3) is 1.00. The van der Waals surface area contributed by atoms with Crippen LogP contribution in [0.25, 0.3) is 0 Å². The molecule has 0 bridgehead atoms. The third-order valence-corrected chi connectivity index (χ3v) is 6.07. The minimum absolute atomic E-state index is 0.223. The third kappa shape index (κ3) is 2.34. The summed E-state index contributed by atoms with van der Waals surface area (Å²) in [7, 11) is 3.61. The highest BCUT2D eigenvalue weighted by Gasteiger charge is 2.51. The highest BCUT2D eigenvalue weighted by molar-refractivity contribution is 5.01. The number of methoxy groups -OCH3 is 2. The van der Waals surface area contributed by atoms with Gasteiger partial charge in [-0.2, -0.15) is 0 Å². The SMILES string of the molecule is COC1CCCC2CC3CCCC(OC)C3C(O)C21. The Morgan fingerprint density at radius 1 is 0.789 bits per heavy atom. The number of rotatable bonds is 2. The van der Waals surface area contributed by atoms with E-state index in [1.807, 2.05) is 0 Å². The number of fused-ring (bicyclic) bond motifs is 2. The maximum absolute atomic E-state index is 10.9. The summed E-state index contributed by atoms with van der Waals surface area (Å²) < 4.78 is 11.4. The van der Waals surface area contributed by atoms with Crippen LogP contribution in [0.4, 0.5) is 0 Å². The molecule has 3 nitrogen and oxygen atoms in total. The predicted octanol–water partition coefficient (Wildman–Crippen LogP) is 2.61. The highest BCUT2D eigenvalue weighted by Crippen LogP contribution is 2.51. The molecule has 0 aromatic heterocycles. The fourth-order valence-corrected chi connectivity index (χ4v) is 5.28. The average Bonchev–Trinajstić information content (AvgIpc) is 2.45. The van der Waals surface area contributed by atoms with E-state index >= 15 is 0 Å². The smallest absolute Gasteiger partial charge is 0.0651 e. The molecule has 19 heavy (non-hydrogen) atoms. The lowest BCUT2D eigenvalue weighted by Crippen LogP contribution is -2.55. The normalized spacial score (nSPS) is 50.4. The van der Waals surface area contributed by atoms with Crippen LogP contribution in [0.5, 0.6) is 0 Å². The van der Waals surface area contributed by atoms with E-state index in [0.29, 0.717) is 23.7 Å². The van der Waals surface area contributed by atoms with E-state index in [1.54, 1.807) is 14.2 Å². The van der Waals surface area contributed by atoms with E-state index in [0.717, 1.165) is 12.8 Å².